The molecule has 9 heteroatoms. The van der Waals surface area contributed by atoms with E-state index in [0.717, 1.165) is 34.1 Å². The molecule has 0 bridgehead atoms. The Morgan fingerprint density at radius 1 is 1.10 bits per heavy atom. The lowest BCUT2D eigenvalue weighted by Crippen LogP contribution is -2.34. The van der Waals surface area contributed by atoms with Gasteiger partial charge in [0.25, 0.3) is 5.56 Å². The van der Waals surface area contributed by atoms with E-state index in [9.17, 15) is 14.4 Å². The van der Waals surface area contributed by atoms with Crippen LogP contribution < -0.4 is 10.5 Å². The quantitative estimate of drug-likeness (QED) is 0.242. The number of esters is 1. The monoisotopic (exact) mass is 620 g/mol. The maximum Gasteiger partial charge on any atom is 0.309 e. The second-order valence-electron chi connectivity index (χ2n) is 12.2. The van der Waals surface area contributed by atoms with Gasteiger partial charge in [-0.1, -0.05) is 21.9 Å². The van der Waals surface area contributed by atoms with Gasteiger partial charge in [0.15, 0.2) is 5.52 Å². The lowest BCUT2D eigenvalue weighted by molar-refractivity contribution is -0.161. The first-order valence-electron chi connectivity index (χ1n) is 14.3. The molecule has 3 aromatic rings. The van der Waals surface area contributed by atoms with E-state index < -0.39 is 5.60 Å². The Balaban J connectivity index is 1.51. The summed E-state index contributed by atoms with van der Waals surface area (Å²) in [6, 6.07) is 7.66. The topological polar surface area (TPSA) is 86.4 Å². The predicted octanol–water partition coefficient (Wildman–Crippen LogP) is 6.44. The van der Waals surface area contributed by atoms with Gasteiger partial charge in [0.05, 0.1) is 23.2 Å². The third kappa shape index (κ3) is 5.85. The van der Waals surface area contributed by atoms with Gasteiger partial charge in [-0.15, -0.1) is 0 Å². The summed E-state index contributed by atoms with van der Waals surface area (Å²) >= 11 is 3.64. The molecule has 1 aromatic carbocycles. The number of rotatable bonds is 5. The first-order valence-corrected chi connectivity index (χ1v) is 15.1. The van der Waals surface area contributed by atoms with Gasteiger partial charge in [-0.3, -0.25) is 24.0 Å². The lowest BCUT2D eigenvalue weighted by atomic mass is 9.86. The Labute approximate surface area is 249 Å². The third-order valence-corrected chi connectivity index (χ3v) is 8.81. The molecule has 2 heterocycles. The maximum absolute atomic E-state index is 13.8. The van der Waals surface area contributed by atoms with Crippen molar-refractivity contribution in [3.05, 3.63) is 50.2 Å². The molecule has 0 radical (unpaired) electrons. The van der Waals surface area contributed by atoms with Crippen molar-refractivity contribution >= 4 is 50.3 Å². The van der Waals surface area contributed by atoms with Gasteiger partial charge in [0.2, 0.25) is 0 Å². The Kier molecular flexibility index (Phi) is 7.90. The molecule has 5 rings (SSSR count). The molecule has 0 atom stereocenters. The van der Waals surface area contributed by atoms with Crippen molar-refractivity contribution in [2.24, 2.45) is 13.0 Å². The summed E-state index contributed by atoms with van der Waals surface area (Å²) in [6.45, 7) is 9.25. The fourth-order valence-electron chi connectivity index (χ4n) is 5.79. The number of anilines is 2. The predicted molar refractivity (Wildman–Crippen MR) is 163 cm³/mol. The standard InChI is InChI=1S/C32H37BrN4O4/c1-7-8-28(38)36(26-17-19(2)24(33)18-23(26)20-9-10-20)27-16-15-25-29(34-27)30(39)37(35(25)6)22-13-11-21(12-14-22)31(40)41-32(3,4)5/h15-18,20-22H,9-14H2,1-6H3/t21-,22+. The van der Waals surface area contributed by atoms with Gasteiger partial charge in [-0.05, 0) is 120 Å². The second-order valence-corrected chi connectivity index (χ2v) is 13.1. The third-order valence-electron chi connectivity index (χ3n) is 7.95. The molecule has 8 nitrogen and oxygen atoms in total. The number of benzene rings is 1. The van der Waals surface area contributed by atoms with Gasteiger partial charge in [-0.25, -0.2) is 9.67 Å². The second kappa shape index (κ2) is 11.1. The lowest BCUT2D eigenvalue weighted by Gasteiger charge is -2.30. The molecule has 0 unspecified atom stereocenters. The highest BCUT2D eigenvalue weighted by Crippen LogP contribution is 2.47. The average molecular weight is 622 g/mol. The normalized spacial score (nSPS) is 19.0. The summed E-state index contributed by atoms with van der Waals surface area (Å²) < 4.78 is 10.2. The van der Waals surface area contributed by atoms with Crippen LogP contribution in [-0.2, 0) is 21.4 Å². The van der Waals surface area contributed by atoms with E-state index in [0.29, 0.717) is 48.5 Å². The van der Waals surface area contributed by atoms with Crippen molar-refractivity contribution in [1.82, 2.24) is 14.3 Å². The number of aromatic nitrogens is 3. The molecule has 41 heavy (non-hydrogen) atoms. The van der Waals surface area contributed by atoms with Gasteiger partial charge in [0, 0.05) is 11.5 Å². The van der Waals surface area contributed by atoms with Crippen LogP contribution in [0.15, 0.2) is 33.5 Å². The summed E-state index contributed by atoms with van der Waals surface area (Å²) in [6.07, 6.45) is 4.85. The molecule has 0 saturated heterocycles. The number of hydrogen-bond donors (Lipinski definition) is 0. The molecule has 0 aliphatic heterocycles. The van der Waals surface area contributed by atoms with Gasteiger partial charge < -0.3 is 4.74 Å². The summed E-state index contributed by atoms with van der Waals surface area (Å²) in [7, 11) is 1.86. The number of ether oxygens (including phenoxy) is 1. The molecule has 2 aliphatic carbocycles. The summed E-state index contributed by atoms with van der Waals surface area (Å²) in [4.78, 5) is 46.2. The van der Waals surface area contributed by atoms with Crippen LogP contribution in [-0.4, -0.2) is 31.8 Å². The summed E-state index contributed by atoms with van der Waals surface area (Å²) in [5.74, 6) is 5.44. The maximum atomic E-state index is 13.8. The van der Waals surface area contributed by atoms with E-state index in [4.69, 9.17) is 9.72 Å². The van der Waals surface area contributed by atoms with E-state index in [1.165, 1.54) is 0 Å². The highest BCUT2D eigenvalue weighted by molar-refractivity contribution is 9.10. The first kappa shape index (κ1) is 29.1. The molecule has 2 fully saturated rings. The number of amides is 1. The highest BCUT2D eigenvalue weighted by Gasteiger charge is 2.34. The Hall–Kier alpha value is -3.38. The van der Waals surface area contributed by atoms with Crippen molar-refractivity contribution in [3.8, 4) is 11.8 Å². The van der Waals surface area contributed by atoms with Gasteiger partial charge in [-0.2, -0.15) is 0 Å². The number of nitrogens with zero attached hydrogens (tertiary/aromatic N) is 4. The van der Waals surface area contributed by atoms with E-state index in [2.05, 4.69) is 33.8 Å². The summed E-state index contributed by atoms with van der Waals surface area (Å²) in [5, 5.41) is 0. The Bertz CT molecular complexity index is 1640. The van der Waals surface area contributed by atoms with Crippen LogP contribution in [0.5, 0.6) is 0 Å². The Morgan fingerprint density at radius 3 is 2.39 bits per heavy atom. The molecular weight excluding hydrogens is 584 g/mol. The minimum absolute atomic E-state index is 0.0527. The zero-order valence-corrected chi connectivity index (χ0v) is 26.2. The zero-order chi connectivity index (χ0) is 29.6. The first-order chi connectivity index (χ1) is 19.4. The van der Waals surface area contributed by atoms with E-state index in [1.54, 1.807) is 22.6 Å². The largest absolute Gasteiger partial charge is 0.460 e. The number of hydrogen-bond acceptors (Lipinski definition) is 5. The van der Waals surface area contributed by atoms with Crippen LogP contribution in [0.4, 0.5) is 11.5 Å². The average Bonchev–Trinajstić information content (AvgIpc) is 3.72. The number of carbonyl (C=O) groups is 2. The number of aryl methyl sites for hydroxylation is 2. The van der Waals surface area contributed by atoms with Crippen LogP contribution in [0.1, 0.15) is 89.3 Å². The zero-order valence-electron chi connectivity index (χ0n) is 24.6. The van der Waals surface area contributed by atoms with Crippen LogP contribution in [0.25, 0.3) is 11.0 Å². The fourth-order valence-corrected chi connectivity index (χ4v) is 6.15. The molecule has 2 aliphatic rings. The van der Waals surface area contributed by atoms with Crippen molar-refractivity contribution in [3.63, 3.8) is 0 Å². The number of halogens is 1. The molecule has 2 aromatic heterocycles. The van der Waals surface area contributed by atoms with Crippen LogP contribution >= 0.6 is 15.9 Å². The fraction of sp³-hybridized carbons (Fsp3) is 0.500. The molecule has 2 saturated carbocycles. The van der Waals surface area contributed by atoms with Crippen molar-refractivity contribution in [2.45, 2.75) is 90.7 Å². The van der Waals surface area contributed by atoms with Crippen LogP contribution in [0, 0.1) is 24.7 Å². The SMILES string of the molecule is CC#CC(=O)N(c1ccc2c(n1)c(=O)n([C@H]1CC[C@@H](C(=O)OC(C)(C)C)CC1)n2C)c1cc(C)c(Br)cc1C1CC1. The summed E-state index contributed by atoms with van der Waals surface area (Å²) in [5.41, 5.74) is 3.11. The smallest absolute Gasteiger partial charge is 0.309 e. The van der Waals surface area contributed by atoms with Crippen LogP contribution in [0.2, 0.25) is 0 Å². The molecular formula is C32H37BrN4O4. The van der Waals surface area contributed by atoms with Gasteiger partial charge in [0.1, 0.15) is 11.4 Å². The molecule has 1 amide bonds. The van der Waals surface area contributed by atoms with Crippen LogP contribution in [0.3, 0.4) is 0 Å². The molecule has 0 N–H and O–H groups in total. The molecule has 216 valence electrons. The highest BCUT2D eigenvalue weighted by atomic mass is 79.9. The van der Waals surface area contributed by atoms with Crippen molar-refractivity contribution in [1.29, 1.82) is 0 Å². The minimum Gasteiger partial charge on any atom is -0.460 e. The molecule has 0 spiro atoms. The van der Waals surface area contributed by atoms with E-state index in [1.807, 2.05) is 51.6 Å². The van der Waals surface area contributed by atoms with Crippen molar-refractivity contribution < 1.29 is 14.3 Å². The number of carbonyl (C=O) groups excluding carboxylic acids is 2. The van der Waals surface area contributed by atoms with Crippen molar-refractivity contribution in [2.75, 3.05) is 4.90 Å². The van der Waals surface area contributed by atoms with Gasteiger partial charge >= 0.3 is 11.9 Å². The number of fused-ring (bicyclic) bond motifs is 1. The Morgan fingerprint density at radius 2 is 1.78 bits per heavy atom. The minimum atomic E-state index is -0.517. The van der Waals surface area contributed by atoms with E-state index in [-0.39, 0.29) is 29.4 Å². The van der Waals surface area contributed by atoms with E-state index >= 15 is 0 Å². The number of pyridine rings is 1.